The third kappa shape index (κ3) is 3.96. The molecule has 0 aliphatic rings. The molecule has 0 saturated heterocycles. The number of ether oxygens (including phenoxy) is 2. The van der Waals surface area contributed by atoms with Gasteiger partial charge in [0.2, 0.25) is 5.75 Å². The van der Waals surface area contributed by atoms with Crippen LogP contribution in [-0.2, 0) is 16.0 Å². The third-order valence-corrected chi connectivity index (χ3v) is 2.04. The van der Waals surface area contributed by atoms with Crippen molar-refractivity contribution < 1.29 is 32.4 Å². The van der Waals surface area contributed by atoms with Crippen molar-refractivity contribution in [2.24, 2.45) is 0 Å². The van der Waals surface area contributed by atoms with Crippen LogP contribution in [0, 0.1) is 10.1 Å². The summed E-state index contributed by atoms with van der Waals surface area (Å²) in [6.07, 6.45) is -5.85. The molecule has 0 aliphatic heterocycles. The predicted octanol–water partition coefficient (Wildman–Crippen LogP) is 0.897. The second-order valence-corrected chi connectivity index (χ2v) is 3.38. The summed E-state index contributed by atoms with van der Waals surface area (Å²) in [6.45, 7) is 0. The molecule has 0 saturated carbocycles. The highest BCUT2D eigenvalue weighted by atomic mass is 19.4. The van der Waals surface area contributed by atoms with E-state index in [9.17, 15) is 32.9 Å². The molecule has 11 heteroatoms. The van der Waals surface area contributed by atoms with Crippen LogP contribution in [-0.4, -0.2) is 29.3 Å². The fourth-order valence-corrected chi connectivity index (χ4v) is 1.25. The highest BCUT2D eigenvalue weighted by molar-refractivity contribution is 5.73. The first kappa shape index (κ1) is 15.5. The zero-order chi connectivity index (χ0) is 15.5. The molecule has 0 amide bonds. The maximum atomic E-state index is 12.0. The summed E-state index contributed by atoms with van der Waals surface area (Å²) in [4.78, 5) is 33.8. The fraction of sp³-hybridized carbons (Fsp3) is 0.333. The van der Waals surface area contributed by atoms with E-state index in [2.05, 4.69) is 9.47 Å². The van der Waals surface area contributed by atoms with Gasteiger partial charge >= 0.3 is 12.3 Å². The molecule has 110 valence electrons. The van der Waals surface area contributed by atoms with Crippen LogP contribution in [0.1, 0.15) is 5.69 Å². The van der Waals surface area contributed by atoms with Gasteiger partial charge in [-0.15, -0.1) is 13.2 Å². The summed E-state index contributed by atoms with van der Waals surface area (Å²) in [7, 11) is 1.01. The number of hydrogen-bond donors (Lipinski definition) is 1. The maximum Gasteiger partial charge on any atom is 0.573 e. The van der Waals surface area contributed by atoms with E-state index in [1.807, 2.05) is 0 Å². The van der Waals surface area contributed by atoms with E-state index in [4.69, 9.17) is 0 Å². The lowest BCUT2D eigenvalue weighted by Crippen LogP contribution is -2.24. The number of carbonyl (C=O) groups is 1. The quantitative estimate of drug-likeness (QED) is 0.502. The smallest absolute Gasteiger partial charge is 0.469 e. The Bertz CT molecular complexity index is 594. The van der Waals surface area contributed by atoms with E-state index < -0.39 is 46.4 Å². The number of methoxy groups -OCH3 is 1. The molecule has 0 aromatic carbocycles. The molecular formula is C9H7F3N2O6. The van der Waals surface area contributed by atoms with Crippen molar-refractivity contribution in [3.05, 3.63) is 32.2 Å². The normalized spacial score (nSPS) is 11.0. The Hall–Kier alpha value is -2.59. The number of nitrogens with one attached hydrogen (secondary N) is 1. The van der Waals surface area contributed by atoms with Crippen LogP contribution in [0.2, 0.25) is 0 Å². The van der Waals surface area contributed by atoms with Crippen LogP contribution >= 0.6 is 0 Å². The first-order chi connectivity index (χ1) is 9.14. The monoisotopic (exact) mass is 296 g/mol. The number of carbonyl (C=O) groups excluding carboxylic acids is 1. The van der Waals surface area contributed by atoms with E-state index in [0.717, 1.165) is 7.11 Å². The summed E-state index contributed by atoms with van der Waals surface area (Å²) in [5.74, 6) is -2.20. The van der Waals surface area contributed by atoms with E-state index >= 15 is 0 Å². The van der Waals surface area contributed by atoms with Gasteiger partial charge in [0.15, 0.2) is 0 Å². The standard InChI is InChI=1S/C9H7F3N2O6/c1-19-7(15)2-4-5(14(17)18)3-6(8(16)13-4)20-9(10,11)12/h3H,2H2,1H3,(H,13,16). The van der Waals surface area contributed by atoms with Crippen molar-refractivity contribution in [2.45, 2.75) is 12.8 Å². The number of aromatic nitrogens is 1. The Morgan fingerprint density at radius 3 is 2.55 bits per heavy atom. The molecule has 0 atom stereocenters. The van der Waals surface area contributed by atoms with Gasteiger partial charge in [-0.05, 0) is 0 Å². The Morgan fingerprint density at radius 2 is 2.10 bits per heavy atom. The van der Waals surface area contributed by atoms with Crippen LogP contribution in [0.15, 0.2) is 10.9 Å². The van der Waals surface area contributed by atoms with E-state index in [1.54, 1.807) is 4.98 Å². The number of aromatic amines is 1. The molecule has 0 unspecified atom stereocenters. The maximum absolute atomic E-state index is 12.0. The van der Waals surface area contributed by atoms with Crippen molar-refractivity contribution in [1.29, 1.82) is 0 Å². The van der Waals surface area contributed by atoms with Gasteiger partial charge in [0.25, 0.3) is 11.2 Å². The molecule has 1 aromatic heterocycles. The minimum atomic E-state index is -5.18. The molecule has 1 N–H and O–H groups in total. The molecule has 1 rings (SSSR count). The topological polar surface area (TPSA) is 112 Å². The zero-order valence-corrected chi connectivity index (χ0v) is 9.82. The summed E-state index contributed by atoms with van der Waals surface area (Å²) >= 11 is 0. The van der Waals surface area contributed by atoms with Crippen LogP contribution in [0.3, 0.4) is 0 Å². The van der Waals surface area contributed by atoms with Gasteiger partial charge in [-0.3, -0.25) is 19.7 Å². The van der Waals surface area contributed by atoms with Crippen molar-refractivity contribution in [3.8, 4) is 5.75 Å². The van der Waals surface area contributed by atoms with Crippen LogP contribution in [0.5, 0.6) is 5.75 Å². The first-order valence-electron chi connectivity index (χ1n) is 4.87. The van der Waals surface area contributed by atoms with Crippen molar-refractivity contribution >= 4 is 11.7 Å². The summed E-state index contributed by atoms with van der Waals surface area (Å²) < 4.78 is 43.6. The Labute approximate surface area is 108 Å². The molecule has 0 aliphatic carbocycles. The number of alkyl halides is 3. The van der Waals surface area contributed by atoms with Gasteiger partial charge in [0, 0.05) is 0 Å². The van der Waals surface area contributed by atoms with Crippen LogP contribution < -0.4 is 10.3 Å². The summed E-state index contributed by atoms with van der Waals surface area (Å²) in [5, 5.41) is 10.7. The van der Waals surface area contributed by atoms with Gasteiger partial charge in [-0.2, -0.15) is 0 Å². The van der Waals surface area contributed by atoms with Gasteiger partial charge in [-0.1, -0.05) is 0 Å². The zero-order valence-electron chi connectivity index (χ0n) is 9.82. The Morgan fingerprint density at radius 1 is 1.50 bits per heavy atom. The minimum absolute atomic E-state index is 0.296. The van der Waals surface area contributed by atoms with E-state index in [0.29, 0.717) is 6.07 Å². The number of nitrogens with zero attached hydrogens (tertiary/aromatic N) is 1. The average Bonchev–Trinajstić information content (AvgIpc) is 2.30. The Kier molecular flexibility index (Phi) is 4.32. The van der Waals surface area contributed by atoms with Gasteiger partial charge < -0.3 is 14.5 Å². The molecule has 0 spiro atoms. The van der Waals surface area contributed by atoms with Crippen molar-refractivity contribution in [1.82, 2.24) is 4.98 Å². The van der Waals surface area contributed by atoms with E-state index in [-0.39, 0.29) is 0 Å². The predicted molar refractivity (Wildman–Crippen MR) is 56.1 cm³/mol. The molecule has 0 bridgehead atoms. The molecular weight excluding hydrogens is 289 g/mol. The Balaban J connectivity index is 3.28. The first-order valence-corrected chi connectivity index (χ1v) is 4.87. The lowest BCUT2D eigenvalue weighted by Gasteiger charge is -2.09. The fourth-order valence-electron chi connectivity index (χ4n) is 1.25. The number of H-pyrrole nitrogens is 1. The molecule has 20 heavy (non-hydrogen) atoms. The van der Waals surface area contributed by atoms with Crippen LogP contribution in [0.4, 0.5) is 18.9 Å². The number of halogens is 3. The number of hydrogen-bond acceptors (Lipinski definition) is 6. The second-order valence-electron chi connectivity index (χ2n) is 3.38. The average molecular weight is 296 g/mol. The van der Waals surface area contributed by atoms with Crippen LogP contribution in [0.25, 0.3) is 0 Å². The number of nitro groups is 1. The number of pyridine rings is 1. The molecule has 0 fully saturated rings. The van der Waals surface area contributed by atoms with E-state index in [1.165, 1.54) is 0 Å². The SMILES string of the molecule is COC(=O)Cc1[nH]c(=O)c(OC(F)(F)F)cc1[N+](=O)[O-]. The highest BCUT2D eigenvalue weighted by Gasteiger charge is 2.34. The molecule has 1 heterocycles. The highest BCUT2D eigenvalue weighted by Crippen LogP contribution is 2.24. The van der Waals surface area contributed by atoms with Gasteiger partial charge in [0.1, 0.15) is 5.69 Å². The van der Waals surface area contributed by atoms with Crippen molar-refractivity contribution in [3.63, 3.8) is 0 Å². The van der Waals surface area contributed by atoms with Crippen molar-refractivity contribution in [2.75, 3.05) is 7.11 Å². The lowest BCUT2D eigenvalue weighted by molar-refractivity contribution is -0.386. The molecule has 0 radical (unpaired) electrons. The van der Waals surface area contributed by atoms with Gasteiger partial charge in [-0.25, -0.2) is 0 Å². The summed E-state index contributed by atoms with van der Waals surface area (Å²) in [6, 6.07) is 0.296. The lowest BCUT2D eigenvalue weighted by atomic mass is 10.2. The summed E-state index contributed by atoms with van der Waals surface area (Å²) in [5.41, 5.74) is -2.73. The largest absolute Gasteiger partial charge is 0.573 e. The number of rotatable bonds is 4. The minimum Gasteiger partial charge on any atom is -0.469 e. The van der Waals surface area contributed by atoms with Gasteiger partial charge in [0.05, 0.1) is 24.5 Å². The molecule has 8 nitrogen and oxygen atoms in total. The molecule has 1 aromatic rings. The third-order valence-electron chi connectivity index (χ3n) is 2.04. The number of esters is 1. The second kappa shape index (κ2) is 5.59.